The summed E-state index contributed by atoms with van der Waals surface area (Å²) in [5.74, 6) is -0.208. The highest BCUT2D eigenvalue weighted by Crippen LogP contribution is 2.56. The van der Waals surface area contributed by atoms with Crippen molar-refractivity contribution in [2.75, 3.05) is 0 Å². The van der Waals surface area contributed by atoms with Gasteiger partial charge in [0.05, 0.1) is 12.2 Å². The second kappa shape index (κ2) is 4.11. The lowest BCUT2D eigenvalue weighted by Crippen LogP contribution is -2.55. The van der Waals surface area contributed by atoms with Crippen LogP contribution in [0.4, 0.5) is 13.2 Å². The first kappa shape index (κ1) is 13.2. The normalized spacial score (nSPS) is 35.2. The third kappa shape index (κ3) is 1.87. The Kier molecular flexibility index (Phi) is 2.86. The van der Waals surface area contributed by atoms with E-state index in [-0.39, 0.29) is 24.7 Å². The fraction of sp³-hybridized carbons (Fsp3) is 0.923. The van der Waals surface area contributed by atoms with Crippen LogP contribution in [0.3, 0.4) is 0 Å². The van der Waals surface area contributed by atoms with E-state index in [1.807, 2.05) is 0 Å². The highest BCUT2D eigenvalue weighted by molar-refractivity contribution is 5.85. The minimum atomic E-state index is -4.31. The first-order valence-electron chi connectivity index (χ1n) is 7.03. The number of alkyl halides is 3. The number of amides is 1. The predicted molar refractivity (Wildman–Crippen MR) is 63.2 cm³/mol. The van der Waals surface area contributed by atoms with Crippen LogP contribution in [0.5, 0.6) is 0 Å². The fourth-order valence-corrected chi connectivity index (χ4v) is 3.62. The standard InChI is InChI=1S/C13H19F3N2O/c1-8-11(19)18(12(6-7-12)13(14,15)16)10(17-8)9-4-2-3-5-9/h8-10,17H,2-7H2,1H3. The summed E-state index contributed by atoms with van der Waals surface area (Å²) >= 11 is 0. The van der Waals surface area contributed by atoms with Crippen molar-refractivity contribution in [1.29, 1.82) is 0 Å². The third-order valence-electron chi connectivity index (χ3n) is 4.87. The van der Waals surface area contributed by atoms with Crippen molar-refractivity contribution in [2.45, 2.75) is 69.4 Å². The minimum Gasteiger partial charge on any atom is -0.311 e. The highest BCUT2D eigenvalue weighted by atomic mass is 19.4. The van der Waals surface area contributed by atoms with E-state index in [0.29, 0.717) is 0 Å². The zero-order chi connectivity index (χ0) is 13.8. The van der Waals surface area contributed by atoms with Crippen LogP contribution < -0.4 is 5.32 Å². The number of carbonyl (C=O) groups excluding carboxylic acids is 1. The van der Waals surface area contributed by atoms with E-state index in [4.69, 9.17) is 0 Å². The molecule has 0 radical (unpaired) electrons. The van der Waals surface area contributed by atoms with Gasteiger partial charge in [0.15, 0.2) is 0 Å². The molecular weight excluding hydrogens is 257 g/mol. The van der Waals surface area contributed by atoms with Crippen molar-refractivity contribution >= 4 is 5.91 Å². The Morgan fingerprint density at radius 1 is 1.26 bits per heavy atom. The van der Waals surface area contributed by atoms with Crippen LogP contribution >= 0.6 is 0 Å². The molecule has 6 heteroatoms. The Morgan fingerprint density at radius 3 is 2.32 bits per heavy atom. The number of hydrogen-bond donors (Lipinski definition) is 1. The second-order valence-electron chi connectivity index (χ2n) is 6.12. The van der Waals surface area contributed by atoms with E-state index in [2.05, 4.69) is 5.32 Å². The summed E-state index contributed by atoms with van der Waals surface area (Å²) < 4.78 is 39.9. The van der Waals surface area contributed by atoms with E-state index < -0.39 is 23.9 Å². The maximum Gasteiger partial charge on any atom is 0.411 e. The fourth-order valence-electron chi connectivity index (χ4n) is 3.62. The van der Waals surface area contributed by atoms with Crippen LogP contribution in [-0.4, -0.2) is 34.7 Å². The van der Waals surface area contributed by atoms with E-state index >= 15 is 0 Å². The summed E-state index contributed by atoms with van der Waals surface area (Å²) in [6.45, 7) is 1.66. The molecule has 0 aromatic heterocycles. The van der Waals surface area contributed by atoms with Crippen LogP contribution in [-0.2, 0) is 4.79 Å². The quantitative estimate of drug-likeness (QED) is 0.840. The van der Waals surface area contributed by atoms with Crippen LogP contribution in [0.15, 0.2) is 0 Å². The summed E-state index contributed by atoms with van der Waals surface area (Å²) in [7, 11) is 0. The Bertz CT molecular complexity index is 386. The lowest BCUT2D eigenvalue weighted by molar-refractivity contribution is -0.204. The van der Waals surface area contributed by atoms with Crippen molar-refractivity contribution in [3.8, 4) is 0 Å². The van der Waals surface area contributed by atoms with Gasteiger partial charge < -0.3 is 4.90 Å². The maximum absolute atomic E-state index is 13.3. The number of hydrogen-bond acceptors (Lipinski definition) is 2. The number of rotatable bonds is 2. The van der Waals surface area contributed by atoms with Gasteiger partial charge >= 0.3 is 6.18 Å². The van der Waals surface area contributed by atoms with Crippen LogP contribution in [0.25, 0.3) is 0 Å². The summed E-state index contributed by atoms with van der Waals surface area (Å²) in [5.41, 5.74) is -1.88. The van der Waals surface area contributed by atoms with Gasteiger partial charge in [0.2, 0.25) is 5.91 Å². The Morgan fingerprint density at radius 2 is 1.84 bits per heavy atom. The smallest absolute Gasteiger partial charge is 0.311 e. The van der Waals surface area contributed by atoms with E-state index in [1.165, 1.54) is 0 Å². The third-order valence-corrected chi connectivity index (χ3v) is 4.87. The average Bonchev–Trinajstić information content (AvgIpc) is 2.84. The molecule has 1 saturated heterocycles. The Hall–Kier alpha value is -0.780. The Balaban J connectivity index is 1.90. The van der Waals surface area contributed by atoms with Gasteiger partial charge in [-0.1, -0.05) is 12.8 Å². The van der Waals surface area contributed by atoms with Crippen LogP contribution in [0, 0.1) is 5.92 Å². The lowest BCUT2D eigenvalue weighted by atomic mass is 10.0. The molecule has 3 fully saturated rings. The van der Waals surface area contributed by atoms with Gasteiger partial charge in [-0.05, 0) is 38.5 Å². The topological polar surface area (TPSA) is 32.3 Å². The van der Waals surface area contributed by atoms with E-state index in [1.54, 1.807) is 6.92 Å². The number of halogens is 3. The van der Waals surface area contributed by atoms with Crippen molar-refractivity contribution in [2.24, 2.45) is 5.92 Å². The Labute approximate surface area is 110 Å². The van der Waals surface area contributed by atoms with Crippen molar-refractivity contribution in [3.63, 3.8) is 0 Å². The molecule has 1 heterocycles. The van der Waals surface area contributed by atoms with Gasteiger partial charge in [0.1, 0.15) is 5.54 Å². The minimum absolute atomic E-state index is 0.0554. The van der Waals surface area contributed by atoms with E-state index in [0.717, 1.165) is 30.6 Å². The molecule has 3 aliphatic rings. The van der Waals surface area contributed by atoms with Crippen molar-refractivity contribution in [1.82, 2.24) is 10.2 Å². The molecule has 1 N–H and O–H groups in total. The summed E-state index contributed by atoms with van der Waals surface area (Å²) in [5, 5.41) is 3.09. The largest absolute Gasteiger partial charge is 0.411 e. The average molecular weight is 276 g/mol. The summed E-state index contributed by atoms with van der Waals surface area (Å²) in [6.07, 6.45) is -0.680. The SMILES string of the molecule is CC1NC(C2CCCC2)N(C2(C(F)(F)F)CC2)C1=O. The van der Waals surface area contributed by atoms with Crippen molar-refractivity contribution < 1.29 is 18.0 Å². The van der Waals surface area contributed by atoms with Crippen LogP contribution in [0.2, 0.25) is 0 Å². The molecule has 108 valence electrons. The van der Waals surface area contributed by atoms with Gasteiger partial charge in [-0.3, -0.25) is 10.1 Å². The molecule has 0 spiro atoms. The number of nitrogens with zero attached hydrogens (tertiary/aromatic N) is 1. The molecule has 0 aromatic rings. The monoisotopic (exact) mass is 276 g/mol. The maximum atomic E-state index is 13.3. The first-order valence-corrected chi connectivity index (χ1v) is 7.03. The van der Waals surface area contributed by atoms with Gasteiger partial charge in [-0.15, -0.1) is 0 Å². The molecule has 0 bridgehead atoms. The molecule has 1 aliphatic heterocycles. The molecule has 3 rings (SSSR count). The van der Waals surface area contributed by atoms with Gasteiger partial charge in [0.25, 0.3) is 0 Å². The molecule has 19 heavy (non-hydrogen) atoms. The zero-order valence-corrected chi connectivity index (χ0v) is 11.0. The van der Waals surface area contributed by atoms with Gasteiger partial charge in [-0.2, -0.15) is 13.2 Å². The summed E-state index contributed by atoms with van der Waals surface area (Å²) in [6, 6.07) is -0.495. The zero-order valence-electron chi connectivity index (χ0n) is 11.0. The van der Waals surface area contributed by atoms with E-state index in [9.17, 15) is 18.0 Å². The molecule has 2 atom stereocenters. The molecular formula is C13H19F3N2O. The molecule has 3 nitrogen and oxygen atoms in total. The predicted octanol–water partition coefficient (Wildman–Crippen LogP) is 2.42. The molecule has 0 aromatic carbocycles. The number of nitrogens with one attached hydrogen (secondary N) is 1. The molecule has 1 amide bonds. The highest BCUT2D eigenvalue weighted by Gasteiger charge is 2.71. The first-order chi connectivity index (χ1) is 8.87. The summed E-state index contributed by atoms with van der Waals surface area (Å²) in [4.78, 5) is 13.3. The van der Waals surface area contributed by atoms with Gasteiger partial charge in [0, 0.05) is 0 Å². The van der Waals surface area contributed by atoms with Gasteiger partial charge in [-0.25, -0.2) is 0 Å². The van der Waals surface area contributed by atoms with Crippen molar-refractivity contribution in [3.05, 3.63) is 0 Å². The second-order valence-corrected chi connectivity index (χ2v) is 6.12. The number of carbonyl (C=O) groups is 1. The molecule has 2 unspecified atom stereocenters. The lowest BCUT2D eigenvalue weighted by Gasteiger charge is -2.37. The molecule has 2 saturated carbocycles. The van der Waals surface area contributed by atoms with Crippen LogP contribution in [0.1, 0.15) is 45.4 Å². The molecule has 2 aliphatic carbocycles.